The second kappa shape index (κ2) is 2.84. The summed E-state index contributed by atoms with van der Waals surface area (Å²) in [5, 5.41) is 10.3. The first-order valence-electron chi connectivity index (χ1n) is 4.56. The van der Waals surface area contributed by atoms with Crippen LogP contribution in [0, 0.1) is 0 Å². The van der Waals surface area contributed by atoms with E-state index >= 15 is 0 Å². The molecule has 5 heteroatoms. The van der Waals surface area contributed by atoms with E-state index in [1.807, 2.05) is 18.2 Å². The molecule has 3 rings (SSSR count). The monoisotopic (exact) mass is 200 g/mol. The molecule has 2 heterocycles. The summed E-state index contributed by atoms with van der Waals surface area (Å²) in [4.78, 5) is 11.9. The highest BCUT2D eigenvalue weighted by Crippen LogP contribution is 2.08. The van der Waals surface area contributed by atoms with Gasteiger partial charge in [-0.25, -0.2) is 0 Å². The molecule has 0 amide bonds. The van der Waals surface area contributed by atoms with Crippen LogP contribution in [0.1, 0.15) is 0 Å². The molecule has 2 aromatic heterocycles. The van der Waals surface area contributed by atoms with Crippen LogP contribution in [0.3, 0.4) is 0 Å². The smallest absolute Gasteiger partial charge is 0.280 e. The molecule has 5 nitrogen and oxygen atoms in total. The third kappa shape index (κ3) is 1.10. The summed E-state index contributed by atoms with van der Waals surface area (Å²) in [6.45, 7) is 0. The Kier molecular flexibility index (Phi) is 1.53. The molecule has 15 heavy (non-hydrogen) atoms. The summed E-state index contributed by atoms with van der Waals surface area (Å²) < 4.78 is 1.42. The molecule has 0 aliphatic heterocycles. The van der Waals surface area contributed by atoms with E-state index in [0.29, 0.717) is 11.2 Å². The minimum atomic E-state index is -0.0855. The Bertz CT molecular complexity index is 647. The number of aromatic amines is 2. The van der Waals surface area contributed by atoms with Gasteiger partial charge in [-0.3, -0.25) is 15.0 Å². The molecule has 0 saturated heterocycles. The number of aromatic nitrogens is 4. The van der Waals surface area contributed by atoms with E-state index in [9.17, 15) is 4.79 Å². The number of hydrogen-bond acceptors (Lipinski definition) is 2. The quantitative estimate of drug-likeness (QED) is 0.616. The Labute approximate surface area is 84.3 Å². The maximum absolute atomic E-state index is 11.9. The Balaban J connectivity index is 2.38. The van der Waals surface area contributed by atoms with Crippen LogP contribution in [0.25, 0.3) is 16.7 Å². The first-order chi connectivity index (χ1) is 7.36. The van der Waals surface area contributed by atoms with Gasteiger partial charge < -0.3 is 0 Å². The SMILES string of the molecule is O=c1c2ccccc2[nH]n1-c1cc[nH]n1. The van der Waals surface area contributed by atoms with Crippen molar-refractivity contribution in [1.29, 1.82) is 0 Å². The summed E-state index contributed by atoms with van der Waals surface area (Å²) in [5.41, 5.74) is 0.725. The fourth-order valence-corrected chi connectivity index (χ4v) is 1.60. The zero-order valence-corrected chi connectivity index (χ0v) is 7.77. The van der Waals surface area contributed by atoms with Crippen LogP contribution < -0.4 is 5.56 Å². The molecule has 1 aromatic carbocycles. The number of H-pyrrole nitrogens is 2. The van der Waals surface area contributed by atoms with Gasteiger partial charge in [0.1, 0.15) is 0 Å². The maximum Gasteiger partial charge on any atom is 0.280 e. The number of hydrogen-bond donors (Lipinski definition) is 2. The molecule has 0 bridgehead atoms. The van der Waals surface area contributed by atoms with Crippen molar-refractivity contribution in [3.63, 3.8) is 0 Å². The molecule has 0 atom stereocenters. The highest BCUT2D eigenvalue weighted by atomic mass is 16.1. The van der Waals surface area contributed by atoms with Gasteiger partial charge in [0.05, 0.1) is 10.9 Å². The highest BCUT2D eigenvalue weighted by molar-refractivity contribution is 5.78. The zero-order chi connectivity index (χ0) is 10.3. The second-order valence-corrected chi connectivity index (χ2v) is 3.23. The van der Waals surface area contributed by atoms with Crippen molar-refractivity contribution in [1.82, 2.24) is 20.0 Å². The largest absolute Gasteiger partial charge is 0.289 e. The Morgan fingerprint density at radius 1 is 1.20 bits per heavy atom. The Morgan fingerprint density at radius 3 is 2.80 bits per heavy atom. The van der Waals surface area contributed by atoms with Crippen LogP contribution in [0.5, 0.6) is 0 Å². The minimum absolute atomic E-state index is 0.0855. The fourth-order valence-electron chi connectivity index (χ4n) is 1.60. The van der Waals surface area contributed by atoms with Gasteiger partial charge >= 0.3 is 0 Å². The van der Waals surface area contributed by atoms with E-state index in [1.165, 1.54) is 4.68 Å². The van der Waals surface area contributed by atoms with Crippen LogP contribution in [0.4, 0.5) is 0 Å². The standard InChI is InChI=1S/C10H8N4O/c15-10-7-3-1-2-4-8(7)13-14(10)9-5-6-11-12-9/h1-6,13H,(H,11,12). The van der Waals surface area contributed by atoms with Crippen molar-refractivity contribution < 1.29 is 0 Å². The van der Waals surface area contributed by atoms with Crippen LogP contribution in [-0.2, 0) is 0 Å². The highest BCUT2D eigenvalue weighted by Gasteiger charge is 2.07. The molecular formula is C10H8N4O. The lowest BCUT2D eigenvalue weighted by Crippen LogP contribution is -2.14. The second-order valence-electron chi connectivity index (χ2n) is 3.23. The predicted octanol–water partition coefficient (Wildman–Crippen LogP) is 1.04. The van der Waals surface area contributed by atoms with Crippen molar-refractivity contribution in [3.8, 4) is 5.82 Å². The molecule has 3 aromatic rings. The van der Waals surface area contributed by atoms with E-state index in [1.54, 1.807) is 18.3 Å². The first kappa shape index (κ1) is 8.05. The van der Waals surface area contributed by atoms with Crippen LogP contribution in [0.15, 0.2) is 41.3 Å². The minimum Gasteiger partial charge on any atom is -0.289 e. The van der Waals surface area contributed by atoms with Gasteiger partial charge in [-0.15, -0.1) is 0 Å². The van der Waals surface area contributed by atoms with Crippen molar-refractivity contribution in [2.45, 2.75) is 0 Å². The first-order valence-corrected chi connectivity index (χ1v) is 4.56. The van der Waals surface area contributed by atoms with Crippen molar-refractivity contribution in [2.24, 2.45) is 0 Å². The Morgan fingerprint density at radius 2 is 2.07 bits per heavy atom. The van der Waals surface area contributed by atoms with E-state index in [2.05, 4.69) is 15.3 Å². The molecule has 0 spiro atoms. The maximum atomic E-state index is 11.9. The molecular weight excluding hydrogens is 192 g/mol. The lowest BCUT2D eigenvalue weighted by Gasteiger charge is -1.92. The van der Waals surface area contributed by atoms with Gasteiger partial charge in [-0.05, 0) is 12.1 Å². The van der Waals surface area contributed by atoms with Crippen LogP contribution in [-0.4, -0.2) is 20.0 Å². The van der Waals surface area contributed by atoms with Crippen LogP contribution >= 0.6 is 0 Å². The third-order valence-corrected chi connectivity index (χ3v) is 2.31. The topological polar surface area (TPSA) is 66.5 Å². The van der Waals surface area contributed by atoms with Gasteiger partial charge in [0.2, 0.25) is 0 Å². The zero-order valence-electron chi connectivity index (χ0n) is 7.77. The number of para-hydroxylation sites is 1. The summed E-state index contributed by atoms with van der Waals surface area (Å²) in [6.07, 6.45) is 1.67. The average Bonchev–Trinajstić information content (AvgIpc) is 2.87. The molecule has 0 fully saturated rings. The van der Waals surface area contributed by atoms with Gasteiger partial charge in [0, 0.05) is 12.3 Å². The summed E-state index contributed by atoms with van der Waals surface area (Å²) >= 11 is 0. The van der Waals surface area contributed by atoms with Gasteiger partial charge in [-0.2, -0.15) is 9.78 Å². The predicted molar refractivity (Wildman–Crippen MR) is 56.0 cm³/mol. The normalized spacial score (nSPS) is 10.9. The van der Waals surface area contributed by atoms with E-state index in [0.717, 1.165) is 5.52 Å². The van der Waals surface area contributed by atoms with Crippen molar-refractivity contribution in [3.05, 3.63) is 46.9 Å². The molecule has 0 radical (unpaired) electrons. The number of nitrogens with one attached hydrogen (secondary N) is 2. The van der Waals surface area contributed by atoms with E-state index in [4.69, 9.17) is 0 Å². The summed E-state index contributed by atoms with van der Waals surface area (Å²) in [7, 11) is 0. The lowest BCUT2D eigenvalue weighted by molar-refractivity contribution is 0.821. The van der Waals surface area contributed by atoms with Crippen molar-refractivity contribution >= 4 is 10.9 Å². The van der Waals surface area contributed by atoms with Crippen molar-refractivity contribution in [2.75, 3.05) is 0 Å². The molecule has 0 unspecified atom stereocenters. The molecule has 74 valence electrons. The van der Waals surface area contributed by atoms with E-state index in [-0.39, 0.29) is 5.56 Å². The lowest BCUT2D eigenvalue weighted by atomic mass is 10.3. The number of rotatable bonds is 1. The van der Waals surface area contributed by atoms with Gasteiger partial charge in [0.15, 0.2) is 5.82 Å². The average molecular weight is 200 g/mol. The fraction of sp³-hybridized carbons (Fsp3) is 0. The van der Waals surface area contributed by atoms with Crippen LogP contribution in [0.2, 0.25) is 0 Å². The molecule has 0 saturated carbocycles. The molecule has 2 N–H and O–H groups in total. The number of nitrogens with zero attached hydrogens (tertiary/aromatic N) is 2. The summed E-state index contributed by atoms with van der Waals surface area (Å²) in [6, 6.07) is 9.10. The summed E-state index contributed by atoms with van der Waals surface area (Å²) in [5.74, 6) is 0.566. The molecule has 0 aliphatic carbocycles. The van der Waals surface area contributed by atoms with E-state index < -0.39 is 0 Å². The number of fused-ring (bicyclic) bond motifs is 1. The number of benzene rings is 1. The Hall–Kier alpha value is -2.30. The van der Waals surface area contributed by atoms with Gasteiger partial charge in [-0.1, -0.05) is 12.1 Å². The van der Waals surface area contributed by atoms with Gasteiger partial charge in [0.25, 0.3) is 5.56 Å². The third-order valence-electron chi connectivity index (χ3n) is 2.31. The molecule has 0 aliphatic rings.